The maximum atomic E-state index is 4.62. The number of nitrogens with zero attached hydrogens (tertiary/aromatic N) is 3. The average Bonchev–Trinajstić information content (AvgIpc) is 2.62. The minimum atomic E-state index is 0.383. The van der Waals surface area contributed by atoms with Crippen molar-refractivity contribution in [1.29, 1.82) is 0 Å². The largest absolute Gasteiger partial charge is 0.257 e. The quantitative estimate of drug-likeness (QED) is 0.741. The molecular formula is C12H17N3. The lowest BCUT2D eigenvalue weighted by molar-refractivity contribution is 0.724. The van der Waals surface area contributed by atoms with Crippen LogP contribution in [0, 0.1) is 0 Å². The van der Waals surface area contributed by atoms with Crippen molar-refractivity contribution >= 4 is 11.9 Å². The van der Waals surface area contributed by atoms with Gasteiger partial charge in [-0.15, -0.1) is 0 Å². The van der Waals surface area contributed by atoms with E-state index in [1.54, 1.807) is 0 Å². The maximum Gasteiger partial charge on any atom is 0.131 e. The molecular weight excluding hydrogens is 186 g/mol. The molecule has 0 saturated carbocycles. The molecule has 0 atom stereocenters. The summed E-state index contributed by atoms with van der Waals surface area (Å²) in [6.07, 6.45) is 2.78. The molecule has 0 amide bonds. The second-order valence-corrected chi connectivity index (χ2v) is 4.59. The van der Waals surface area contributed by atoms with Crippen molar-refractivity contribution in [3.05, 3.63) is 17.2 Å². The van der Waals surface area contributed by atoms with Crippen LogP contribution >= 0.6 is 0 Å². The van der Waals surface area contributed by atoms with E-state index in [4.69, 9.17) is 0 Å². The fourth-order valence-electron chi connectivity index (χ4n) is 1.71. The third-order valence-corrected chi connectivity index (χ3v) is 2.57. The number of hydrogen-bond donors (Lipinski definition) is 0. The minimum absolute atomic E-state index is 0.383. The predicted octanol–water partition coefficient (Wildman–Crippen LogP) is 2.98. The first-order valence-electron chi connectivity index (χ1n) is 5.52. The van der Waals surface area contributed by atoms with Crippen molar-refractivity contribution in [3.8, 4) is 0 Å². The summed E-state index contributed by atoms with van der Waals surface area (Å²) in [5.74, 6) is 1.74. The molecule has 0 aliphatic carbocycles. The Labute approximate surface area is 90.7 Å². The zero-order valence-electron chi connectivity index (χ0n) is 9.78. The van der Waals surface area contributed by atoms with Crippen molar-refractivity contribution in [2.45, 2.75) is 46.0 Å². The van der Waals surface area contributed by atoms with E-state index in [2.05, 4.69) is 42.7 Å². The summed E-state index contributed by atoms with van der Waals surface area (Å²) in [6.45, 7) is 8.56. The van der Waals surface area contributed by atoms with Crippen molar-refractivity contribution in [2.75, 3.05) is 0 Å². The molecule has 3 nitrogen and oxygen atoms in total. The van der Waals surface area contributed by atoms with Crippen LogP contribution in [0.25, 0.3) is 0 Å². The topological polar surface area (TPSA) is 38.1 Å². The molecule has 15 heavy (non-hydrogen) atoms. The van der Waals surface area contributed by atoms with Gasteiger partial charge >= 0.3 is 0 Å². The van der Waals surface area contributed by atoms with Gasteiger partial charge in [0, 0.05) is 18.6 Å². The van der Waals surface area contributed by atoms with Gasteiger partial charge in [0.05, 0.1) is 11.4 Å². The molecule has 0 N–H and O–H groups in total. The van der Waals surface area contributed by atoms with Gasteiger partial charge in [-0.2, -0.15) is 0 Å². The summed E-state index contributed by atoms with van der Waals surface area (Å²) < 4.78 is 0. The first kappa shape index (κ1) is 10.3. The molecule has 1 aromatic heterocycles. The third-order valence-electron chi connectivity index (χ3n) is 2.57. The Morgan fingerprint density at radius 2 is 1.80 bits per heavy atom. The van der Waals surface area contributed by atoms with Gasteiger partial charge in [0.15, 0.2) is 0 Å². The Kier molecular flexibility index (Phi) is 2.55. The van der Waals surface area contributed by atoms with Crippen LogP contribution in [0.1, 0.15) is 56.7 Å². The van der Waals surface area contributed by atoms with E-state index in [1.165, 1.54) is 0 Å². The number of fused-ring (bicyclic) bond motifs is 1. The van der Waals surface area contributed by atoms with Gasteiger partial charge in [-0.05, 0) is 5.92 Å². The lowest BCUT2D eigenvalue weighted by atomic mass is 10.1. The summed E-state index contributed by atoms with van der Waals surface area (Å²) in [4.78, 5) is 13.5. The second-order valence-electron chi connectivity index (χ2n) is 4.59. The molecule has 0 unspecified atom stereocenters. The van der Waals surface area contributed by atoms with Crippen LogP contribution in [-0.4, -0.2) is 16.2 Å². The molecule has 1 aliphatic heterocycles. The monoisotopic (exact) mass is 203 g/mol. The molecule has 2 heterocycles. The van der Waals surface area contributed by atoms with Crippen molar-refractivity contribution in [2.24, 2.45) is 4.99 Å². The highest BCUT2D eigenvalue weighted by Crippen LogP contribution is 2.31. The Morgan fingerprint density at radius 1 is 1.07 bits per heavy atom. The van der Waals surface area contributed by atoms with Crippen LogP contribution in [0.5, 0.6) is 0 Å². The van der Waals surface area contributed by atoms with Gasteiger partial charge in [0.1, 0.15) is 11.5 Å². The molecule has 0 fully saturated rings. The number of aromatic nitrogens is 2. The van der Waals surface area contributed by atoms with Gasteiger partial charge < -0.3 is 0 Å². The SMILES string of the molecule is CC(C)c1nc2c(c(C(C)C)n1)N=CC2. The van der Waals surface area contributed by atoms with Crippen LogP contribution < -0.4 is 0 Å². The van der Waals surface area contributed by atoms with Crippen LogP contribution in [0.15, 0.2) is 4.99 Å². The normalized spacial score (nSPS) is 14.0. The van der Waals surface area contributed by atoms with Crippen LogP contribution in [0.4, 0.5) is 5.69 Å². The molecule has 0 spiro atoms. The first-order valence-corrected chi connectivity index (χ1v) is 5.52. The third kappa shape index (κ3) is 1.78. The van der Waals surface area contributed by atoms with Gasteiger partial charge in [-0.25, -0.2) is 9.97 Å². The summed E-state index contributed by atoms with van der Waals surface area (Å²) >= 11 is 0. The first-order chi connectivity index (χ1) is 7.09. The zero-order chi connectivity index (χ0) is 11.0. The predicted molar refractivity (Wildman–Crippen MR) is 62.1 cm³/mol. The highest BCUT2D eigenvalue weighted by atomic mass is 15.0. The maximum absolute atomic E-state index is 4.62. The number of rotatable bonds is 2. The smallest absolute Gasteiger partial charge is 0.131 e. The Hall–Kier alpha value is -1.25. The molecule has 3 heteroatoms. The second kappa shape index (κ2) is 3.72. The van der Waals surface area contributed by atoms with Crippen molar-refractivity contribution in [1.82, 2.24) is 9.97 Å². The lowest BCUT2D eigenvalue weighted by Crippen LogP contribution is -2.05. The van der Waals surface area contributed by atoms with Gasteiger partial charge in [0.25, 0.3) is 0 Å². The number of hydrogen-bond acceptors (Lipinski definition) is 3. The Balaban J connectivity index is 2.56. The van der Waals surface area contributed by atoms with Crippen LogP contribution in [-0.2, 0) is 6.42 Å². The van der Waals surface area contributed by atoms with Crippen molar-refractivity contribution < 1.29 is 0 Å². The van der Waals surface area contributed by atoms with E-state index < -0.39 is 0 Å². The molecule has 1 aliphatic rings. The fourth-order valence-corrected chi connectivity index (χ4v) is 1.71. The molecule has 80 valence electrons. The fraction of sp³-hybridized carbons (Fsp3) is 0.583. The Morgan fingerprint density at radius 3 is 2.40 bits per heavy atom. The summed E-state index contributed by atoms with van der Waals surface area (Å²) in [5.41, 5.74) is 3.20. The van der Waals surface area contributed by atoms with Crippen LogP contribution in [0.2, 0.25) is 0 Å². The molecule has 0 saturated heterocycles. The summed E-state index contributed by atoms with van der Waals surface area (Å²) in [7, 11) is 0. The molecule has 0 aromatic carbocycles. The lowest BCUT2D eigenvalue weighted by Gasteiger charge is -2.12. The minimum Gasteiger partial charge on any atom is -0.257 e. The molecule has 0 bridgehead atoms. The van der Waals surface area contributed by atoms with E-state index >= 15 is 0 Å². The van der Waals surface area contributed by atoms with E-state index in [9.17, 15) is 0 Å². The van der Waals surface area contributed by atoms with Gasteiger partial charge in [-0.3, -0.25) is 4.99 Å². The number of aliphatic imine (C=N–C) groups is 1. The van der Waals surface area contributed by atoms with E-state index in [0.29, 0.717) is 11.8 Å². The van der Waals surface area contributed by atoms with E-state index in [-0.39, 0.29) is 0 Å². The average molecular weight is 203 g/mol. The van der Waals surface area contributed by atoms with Gasteiger partial charge in [-0.1, -0.05) is 27.7 Å². The molecule has 0 radical (unpaired) electrons. The standard InChI is InChI=1S/C12H17N3/c1-7(2)10-11-9(5-6-13-11)14-12(15-10)8(3)4/h6-8H,5H2,1-4H3. The molecule has 2 rings (SSSR count). The molecule has 1 aromatic rings. The summed E-state index contributed by atoms with van der Waals surface area (Å²) in [6, 6.07) is 0. The van der Waals surface area contributed by atoms with Gasteiger partial charge in [0.2, 0.25) is 0 Å². The zero-order valence-corrected chi connectivity index (χ0v) is 9.78. The van der Waals surface area contributed by atoms with E-state index in [1.807, 2.05) is 6.21 Å². The van der Waals surface area contributed by atoms with Crippen molar-refractivity contribution in [3.63, 3.8) is 0 Å². The van der Waals surface area contributed by atoms with E-state index in [0.717, 1.165) is 29.3 Å². The van der Waals surface area contributed by atoms with Crippen LogP contribution in [0.3, 0.4) is 0 Å². The Bertz CT molecular complexity index is 406. The highest BCUT2D eigenvalue weighted by Gasteiger charge is 2.19. The summed E-state index contributed by atoms with van der Waals surface area (Å²) in [5, 5.41) is 0. The highest BCUT2D eigenvalue weighted by molar-refractivity contribution is 5.75.